The van der Waals surface area contributed by atoms with Gasteiger partial charge in [0.05, 0.1) is 12.6 Å². The van der Waals surface area contributed by atoms with Gasteiger partial charge in [0, 0.05) is 24.2 Å². The highest BCUT2D eigenvalue weighted by Gasteiger charge is 2.27. The van der Waals surface area contributed by atoms with Gasteiger partial charge in [-0.2, -0.15) is 0 Å². The third-order valence-electron chi connectivity index (χ3n) is 1.88. The SMILES string of the molecule is NCC(O)C1=CN2CCN=C2S1. The summed E-state index contributed by atoms with van der Waals surface area (Å²) in [7, 11) is 0. The molecule has 0 radical (unpaired) electrons. The van der Waals surface area contributed by atoms with Gasteiger partial charge in [-0.3, -0.25) is 4.99 Å². The molecule has 0 bridgehead atoms. The molecule has 2 rings (SSSR count). The van der Waals surface area contributed by atoms with Crippen LogP contribution in [0.15, 0.2) is 16.1 Å². The van der Waals surface area contributed by atoms with Crippen LogP contribution in [0.3, 0.4) is 0 Å². The van der Waals surface area contributed by atoms with E-state index in [2.05, 4.69) is 9.89 Å². The molecule has 4 nitrogen and oxygen atoms in total. The Morgan fingerprint density at radius 3 is 3.33 bits per heavy atom. The highest BCUT2D eigenvalue weighted by atomic mass is 32.2. The van der Waals surface area contributed by atoms with Crippen LogP contribution >= 0.6 is 11.8 Å². The van der Waals surface area contributed by atoms with Crippen LogP contribution in [0.4, 0.5) is 0 Å². The number of fused-ring (bicyclic) bond motifs is 1. The molecule has 0 spiro atoms. The van der Waals surface area contributed by atoms with Crippen molar-refractivity contribution in [2.24, 2.45) is 10.7 Å². The maximum Gasteiger partial charge on any atom is 0.168 e. The average molecular weight is 185 g/mol. The Kier molecular flexibility index (Phi) is 2.08. The molecule has 0 fully saturated rings. The monoisotopic (exact) mass is 185 g/mol. The largest absolute Gasteiger partial charge is 0.386 e. The van der Waals surface area contributed by atoms with Gasteiger partial charge in [-0.15, -0.1) is 0 Å². The lowest BCUT2D eigenvalue weighted by molar-refractivity contribution is 0.227. The van der Waals surface area contributed by atoms with E-state index in [1.54, 1.807) is 0 Å². The summed E-state index contributed by atoms with van der Waals surface area (Å²) in [4.78, 5) is 7.23. The molecule has 0 aromatic heterocycles. The molecule has 5 heteroatoms. The maximum atomic E-state index is 9.42. The smallest absolute Gasteiger partial charge is 0.168 e. The van der Waals surface area contributed by atoms with Crippen molar-refractivity contribution in [3.63, 3.8) is 0 Å². The van der Waals surface area contributed by atoms with E-state index in [1.807, 2.05) is 6.20 Å². The van der Waals surface area contributed by atoms with Crippen molar-refractivity contribution in [2.45, 2.75) is 6.10 Å². The van der Waals surface area contributed by atoms with E-state index in [1.165, 1.54) is 11.8 Å². The highest BCUT2D eigenvalue weighted by molar-refractivity contribution is 8.17. The maximum absolute atomic E-state index is 9.42. The van der Waals surface area contributed by atoms with Crippen molar-refractivity contribution in [2.75, 3.05) is 19.6 Å². The molecule has 12 heavy (non-hydrogen) atoms. The lowest BCUT2D eigenvalue weighted by Gasteiger charge is -2.05. The van der Waals surface area contributed by atoms with Crippen LogP contribution in [0.2, 0.25) is 0 Å². The fourth-order valence-corrected chi connectivity index (χ4v) is 2.25. The molecule has 0 saturated carbocycles. The number of hydrogen-bond acceptors (Lipinski definition) is 5. The Morgan fingerprint density at radius 1 is 1.83 bits per heavy atom. The molecule has 1 atom stereocenters. The van der Waals surface area contributed by atoms with Crippen LogP contribution < -0.4 is 5.73 Å². The zero-order chi connectivity index (χ0) is 8.55. The Balaban J connectivity index is 2.08. The number of aliphatic imine (C=N–C) groups is 1. The van der Waals surface area contributed by atoms with Crippen molar-refractivity contribution in [3.8, 4) is 0 Å². The molecule has 0 aromatic rings. The third-order valence-corrected chi connectivity index (χ3v) is 3.04. The molecule has 0 saturated heterocycles. The first-order valence-electron chi connectivity index (χ1n) is 3.90. The predicted octanol–water partition coefficient (Wildman–Crippen LogP) is -0.434. The van der Waals surface area contributed by atoms with E-state index in [9.17, 15) is 5.11 Å². The molecule has 0 aromatic carbocycles. The number of amidine groups is 1. The summed E-state index contributed by atoms with van der Waals surface area (Å²) in [6.07, 6.45) is 1.41. The van der Waals surface area contributed by atoms with E-state index in [0.29, 0.717) is 0 Å². The fourth-order valence-electron chi connectivity index (χ4n) is 1.21. The minimum atomic E-state index is -0.525. The van der Waals surface area contributed by atoms with Crippen LogP contribution in [-0.4, -0.2) is 40.9 Å². The zero-order valence-corrected chi connectivity index (χ0v) is 7.42. The van der Waals surface area contributed by atoms with Crippen LogP contribution in [0.5, 0.6) is 0 Å². The van der Waals surface area contributed by atoms with Gasteiger partial charge < -0.3 is 15.7 Å². The van der Waals surface area contributed by atoms with Gasteiger partial charge in [0.1, 0.15) is 0 Å². The lowest BCUT2D eigenvalue weighted by Crippen LogP contribution is -2.20. The van der Waals surface area contributed by atoms with Gasteiger partial charge in [-0.1, -0.05) is 11.8 Å². The molecule has 1 unspecified atom stereocenters. The number of nitrogens with two attached hydrogens (primary N) is 1. The molecule has 3 N–H and O–H groups in total. The molecule has 0 amide bonds. The normalized spacial score (nSPS) is 23.7. The fraction of sp³-hybridized carbons (Fsp3) is 0.571. The van der Waals surface area contributed by atoms with E-state index >= 15 is 0 Å². The third kappa shape index (κ3) is 1.24. The van der Waals surface area contributed by atoms with Crippen molar-refractivity contribution >= 4 is 16.9 Å². The van der Waals surface area contributed by atoms with Crippen LogP contribution in [0, 0.1) is 0 Å². The summed E-state index contributed by atoms with van der Waals surface area (Å²) in [6, 6.07) is 0. The summed E-state index contributed by atoms with van der Waals surface area (Å²) in [6.45, 7) is 2.08. The number of aliphatic hydroxyl groups is 1. The van der Waals surface area contributed by atoms with Crippen LogP contribution in [0.1, 0.15) is 0 Å². The number of hydrogen-bond donors (Lipinski definition) is 2. The van der Waals surface area contributed by atoms with Gasteiger partial charge in [0.25, 0.3) is 0 Å². The van der Waals surface area contributed by atoms with E-state index in [0.717, 1.165) is 23.2 Å². The second kappa shape index (κ2) is 3.08. The second-order valence-electron chi connectivity index (χ2n) is 2.74. The molecular formula is C7H11N3OS. The summed E-state index contributed by atoms with van der Waals surface area (Å²) in [5, 5.41) is 10.4. The number of rotatable bonds is 2. The predicted molar refractivity (Wildman–Crippen MR) is 49.7 cm³/mol. The summed E-state index contributed by atoms with van der Waals surface area (Å²) in [5.41, 5.74) is 5.34. The van der Waals surface area contributed by atoms with Gasteiger partial charge in [-0.05, 0) is 0 Å². The summed E-state index contributed by atoms with van der Waals surface area (Å²) >= 11 is 1.52. The summed E-state index contributed by atoms with van der Waals surface area (Å²) < 4.78 is 0. The minimum Gasteiger partial charge on any atom is -0.386 e. The first-order valence-corrected chi connectivity index (χ1v) is 4.71. The lowest BCUT2D eigenvalue weighted by atomic mass is 10.3. The van der Waals surface area contributed by atoms with Gasteiger partial charge in [0.2, 0.25) is 0 Å². The van der Waals surface area contributed by atoms with Crippen molar-refractivity contribution in [3.05, 3.63) is 11.1 Å². The summed E-state index contributed by atoms with van der Waals surface area (Å²) in [5.74, 6) is 0. The number of thioether (sulfide) groups is 1. The van der Waals surface area contributed by atoms with E-state index in [4.69, 9.17) is 5.73 Å². The van der Waals surface area contributed by atoms with E-state index < -0.39 is 6.10 Å². The molecule has 66 valence electrons. The first-order chi connectivity index (χ1) is 5.81. The Hall–Kier alpha value is -0.520. The van der Waals surface area contributed by atoms with Gasteiger partial charge in [-0.25, -0.2) is 0 Å². The second-order valence-corrected chi connectivity index (χ2v) is 3.78. The Bertz CT molecular complexity index is 251. The Morgan fingerprint density at radius 2 is 2.67 bits per heavy atom. The van der Waals surface area contributed by atoms with Crippen LogP contribution in [-0.2, 0) is 0 Å². The number of nitrogens with zero attached hydrogens (tertiary/aromatic N) is 2. The zero-order valence-electron chi connectivity index (χ0n) is 6.60. The van der Waals surface area contributed by atoms with Gasteiger partial charge >= 0.3 is 0 Å². The van der Waals surface area contributed by atoms with Crippen molar-refractivity contribution in [1.82, 2.24) is 4.90 Å². The molecule has 2 heterocycles. The molecular weight excluding hydrogens is 174 g/mol. The molecule has 2 aliphatic rings. The van der Waals surface area contributed by atoms with Gasteiger partial charge in [0.15, 0.2) is 5.17 Å². The highest BCUT2D eigenvalue weighted by Crippen LogP contribution is 2.32. The standard InChI is InChI=1S/C7H11N3OS/c8-3-5(11)6-4-10-2-1-9-7(10)12-6/h4-5,11H,1-3,8H2. The first kappa shape index (κ1) is 8.10. The quantitative estimate of drug-likeness (QED) is 0.612. The van der Waals surface area contributed by atoms with Crippen LogP contribution in [0.25, 0.3) is 0 Å². The molecule has 2 aliphatic heterocycles. The van der Waals surface area contributed by atoms with Crippen molar-refractivity contribution in [1.29, 1.82) is 0 Å². The van der Waals surface area contributed by atoms with Crippen molar-refractivity contribution < 1.29 is 5.11 Å². The minimum absolute atomic E-state index is 0.278. The number of aliphatic hydroxyl groups excluding tert-OH is 1. The Labute approximate surface area is 75.1 Å². The molecule has 0 aliphatic carbocycles. The topological polar surface area (TPSA) is 61.9 Å². The van der Waals surface area contributed by atoms with E-state index in [-0.39, 0.29) is 6.54 Å². The average Bonchev–Trinajstić information content (AvgIpc) is 2.60.